The number of aromatic nitrogens is 3. The van der Waals surface area contributed by atoms with Crippen molar-refractivity contribution in [2.45, 2.75) is 72.4 Å². The van der Waals surface area contributed by atoms with Gasteiger partial charge in [0.15, 0.2) is 5.82 Å². The van der Waals surface area contributed by atoms with E-state index in [4.69, 9.17) is 19.7 Å². The first-order chi connectivity index (χ1) is 19.2. The van der Waals surface area contributed by atoms with Crippen LogP contribution in [0.2, 0.25) is 0 Å². The second kappa shape index (κ2) is 13.7. The zero-order chi connectivity index (χ0) is 27.0. The zero-order valence-electron chi connectivity index (χ0n) is 24.3. The van der Waals surface area contributed by atoms with E-state index in [1.165, 1.54) is 36.9 Å². The van der Waals surface area contributed by atoms with Gasteiger partial charge in [-0.05, 0) is 57.7 Å². The lowest BCUT2D eigenvalue weighted by molar-refractivity contribution is 0.139. The molecule has 39 heavy (non-hydrogen) atoms. The topological polar surface area (TPSA) is 82.8 Å². The van der Waals surface area contributed by atoms with Crippen molar-refractivity contribution in [3.8, 4) is 0 Å². The highest BCUT2D eigenvalue weighted by molar-refractivity contribution is 6.08. The molecule has 5 rings (SSSR count). The van der Waals surface area contributed by atoms with E-state index >= 15 is 0 Å². The molecule has 3 aliphatic heterocycles. The minimum atomic E-state index is 0.513. The van der Waals surface area contributed by atoms with Crippen molar-refractivity contribution in [3.63, 3.8) is 0 Å². The van der Waals surface area contributed by atoms with Crippen LogP contribution in [0, 0.1) is 5.92 Å². The first-order valence-corrected chi connectivity index (χ1v) is 15.4. The lowest BCUT2D eigenvalue weighted by Crippen LogP contribution is -2.44. The summed E-state index contributed by atoms with van der Waals surface area (Å²) in [6.07, 6.45) is 11.7. The van der Waals surface area contributed by atoms with E-state index in [1.54, 1.807) is 0 Å². The van der Waals surface area contributed by atoms with Gasteiger partial charge in [0, 0.05) is 63.7 Å². The fourth-order valence-electron chi connectivity index (χ4n) is 6.10. The third-order valence-electron chi connectivity index (χ3n) is 8.37. The van der Waals surface area contributed by atoms with Crippen molar-refractivity contribution >= 4 is 28.6 Å². The molecule has 0 aliphatic carbocycles. The van der Waals surface area contributed by atoms with Crippen molar-refractivity contribution in [3.05, 3.63) is 23.4 Å². The number of likely N-dealkylation sites (tertiary alicyclic amines) is 1. The Bertz CT molecular complexity index is 1140. The molecule has 214 valence electrons. The van der Waals surface area contributed by atoms with Crippen LogP contribution in [0.4, 0.5) is 11.8 Å². The fraction of sp³-hybridized carbons (Fsp3) is 0.700. The Hall–Kier alpha value is -2.49. The maximum absolute atomic E-state index is 5.85. The van der Waals surface area contributed by atoms with Crippen LogP contribution < -0.4 is 15.5 Å². The molecule has 0 spiro atoms. The highest BCUT2D eigenvalue weighted by Gasteiger charge is 2.26. The molecule has 0 aromatic carbocycles. The summed E-state index contributed by atoms with van der Waals surface area (Å²) >= 11 is 0. The standard InChI is InChI=1S/C30H48N8O/c1-4-23-11-12-26(32-21-23)33-29-28-27(34-30(35-29)37-17-13-31-14-18-37)24(22-36-15-9-7-8-10-16-36)25(5-2)38(28)19-20-39-6-3/h11-12,23,31H,4-10,13-22H2,1-3H3,(H,32,33,34,35). The van der Waals surface area contributed by atoms with Crippen molar-refractivity contribution in [2.75, 3.05) is 69.2 Å². The van der Waals surface area contributed by atoms with E-state index in [-0.39, 0.29) is 0 Å². The molecular formula is C30H48N8O. The van der Waals surface area contributed by atoms with Crippen LogP contribution in [0.5, 0.6) is 0 Å². The van der Waals surface area contributed by atoms with E-state index in [9.17, 15) is 0 Å². The third-order valence-corrected chi connectivity index (χ3v) is 8.37. The normalized spacial score (nSPS) is 20.8. The van der Waals surface area contributed by atoms with Gasteiger partial charge in [-0.25, -0.2) is 4.98 Å². The Kier molecular flexibility index (Phi) is 9.87. The molecule has 0 amide bonds. The monoisotopic (exact) mass is 536 g/mol. The summed E-state index contributed by atoms with van der Waals surface area (Å²) in [6.45, 7) is 16.6. The van der Waals surface area contributed by atoms with Gasteiger partial charge in [-0.2, -0.15) is 4.98 Å². The van der Waals surface area contributed by atoms with E-state index in [0.717, 1.165) is 107 Å². The largest absolute Gasteiger partial charge is 0.380 e. The number of anilines is 2. The van der Waals surface area contributed by atoms with Gasteiger partial charge in [0.2, 0.25) is 5.95 Å². The number of hydrogen-bond acceptors (Lipinski definition) is 8. The van der Waals surface area contributed by atoms with Crippen LogP contribution in [0.15, 0.2) is 17.1 Å². The van der Waals surface area contributed by atoms with Gasteiger partial charge in [-0.15, -0.1) is 0 Å². The maximum atomic E-state index is 5.85. The minimum Gasteiger partial charge on any atom is -0.380 e. The van der Waals surface area contributed by atoms with E-state index in [1.807, 2.05) is 0 Å². The van der Waals surface area contributed by atoms with Gasteiger partial charge in [0.05, 0.1) is 6.61 Å². The van der Waals surface area contributed by atoms with Gasteiger partial charge in [0.25, 0.3) is 0 Å². The lowest BCUT2D eigenvalue weighted by Gasteiger charge is -2.28. The number of aliphatic imine (C=N–C) groups is 1. The summed E-state index contributed by atoms with van der Waals surface area (Å²) in [7, 11) is 0. The molecule has 1 unspecified atom stereocenters. The fourth-order valence-corrected chi connectivity index (χ4v) is 6.10. The predicted molar refractivity (Wildman–Crippen MR) is 161 cm³/mol. The minimum absolute atomic E-state index is 0.513. The molecule has 9 heteroatoms. The molecule has 1 atom stereocenters. The second-order valence-electron chi connectivity index (χ2n) is 11.0. The third kappa shape index (κ3) is 6.64. The van der Waals surface area contributed by atoms with Crippen LogP contribution in [-0.4, -0.2) is 84.3 Å². The van der Waals surface area contributed by atoms with Crippen LogP contribution >= 0.6 is 0 Å². The van der Waals surface area contributed by atoms with Gasteiger partial charge < -0.3 is 24.8 Å². The lowest BCUT2D eigenvalue weighted by atomic mass is 10.0. The number of nitrogens with one attached hydrogen (secondary N) is 2. The van der Waals surface area contributed by atoms with Crippen LogP contribution in [0.25, 0.3) is 11.0 Å². The first-order valence-electron chi connectivity index (χ1n) is 15.4. The zero-order valence-corrected chi connectivity index (χ0v) is 24.3. The SMILES string of the molecule is CCOCCn1c(CC)c(CN2CCCCCC2)c2nc(N3CCNCC3)nc(NC3=NCC(CC)C=C3)c21. The average molecular weight is 537 g/mol. The molecule has 5 heterocycles. The molecule has 2 aromatic rings. The van der Waals surface area contributed by atoms with Crippen molar-refractivity contribution in [2.24, 2.45) is 10.9 Å². The van der Waals surface area contributed by atoms with Gasteiger partial charge in [0.1, 0.15) is 16.9 Å². The summed E-state index contributed by atoms with van der Waals surface area (Å²) in [5, 5.41) is 7.12. The van der Waals surface area contributed by atoms with E-state index in [2.05, 4.69) is 57.9 Å². The highest BCUT2D eigenvalue weighted by atomic mass is 16.5. The summed E-state index contributed by atoms with van der Waals surface area (Å²) in [4.78, 5) is 20.4. The molecule has 0 saturated carbocycles. The average Bonchev–Trinajstić information content (AvgIpc) is 3.09. The van der Waals surface area contributed by atoms with Crippen molar-refractivity contribution in [1.29, 1.82) is 0 Å². The van der Waals surface area contributed by atoms with Crippen LogP contribution in [0.3, 0.4) is 0 Å². The summed E-state index contributed by atoms with van der Waals surface area (Å²) in [6, 6.07) is 0. The maximum Gasteiger partial charge on any atom is 0.228 e. The molecule has 2 aromatic heterocycles. The molecule has 9 nitrogen and oxygen atoms in total. The van der Waals surface area contributed by atoms with Gasteiger partial charge in [-0.3, -0.25) is 9.89 Å². The Morgan fingerprint density at radius 2 is 1.82 bits per heavy atom. The molecule has 2 N–H and O–H groups in total. The van der Waals surface area contributed by atoms with E-state index in [0.29, 0.717) is 12.5 Å². The molecule has 2 fully saturated rings. The van der Waals surface area contributed by atoms with Gasteiger partial charge in [-0.1, -0.05) is 32.8 Å². The van der Waals surface area contributed by atoms with Crippen molar-refractivity contribution < 1.29 is 4.74 Å². The quantitative estimate of drug-likeness (QED) is 0.440. The highest BCUT2D eigenvalue weighted by Crippen LogP contribution is 2.34. The molecule has 0 radical (unpaired) electrons. The number of dihydropyridines is 1. The molecule has 0 bridgehead atoms. The Morgan fingerprint density at radius 3 is 2.49 bits per heavy atom. The number of nitrogens with zero attached hydrogens (tertiary/aromatic N) is 6. The Balaban J connectivity index is 1.62. The molecule has 2 saturated heterocycles. The molecular weight excluding hydrogens is 488 g/mol. The summed E-state index contributed by atoms with van der Waals surface area (Å²) < 4.78 is 8.29. The first kappa shape index (κ1) is 28.1. The number of ether oxygens (including phenoxy) is 1. The summed E-state index contributed by atoms with van der Waals surface area (Å²) in [5.41, 5.74) is 4.89. The number of amidine groups is 1. The van der Waals surface area contributed by atoms with Crippen LogP contribution in [-0.2, 0) is 24.2 Å². The summed E-state index contributed by atoms with van der Waals surface area (Å²) in [5.74, 6) is 3.08. The smallest absolute Gasteiger partial charge is 0.228 e. The van der Waals surface area contributed by atoms with Crippen molar-refractivity contribution in [1.82, 2.24) is 24.8 Å². The molecule has 3 aliphatic rings. The number of rotatable bonds is 10. The Morgan fingerprint density at radius 1 is 1.03 bits per heavy atom. The number of fused-ring (bicyclic) bond motifs is 1. The second-order valence-corrected chi connectivity index (χ2v) is 11.0. The van der Waals surface area contributed by atoms with E-state index < -0.39 is 0 Å². The Labute approximate surface area is 234 Å². The number of piperazine rings is 1. The van der Waals surface area contributed by atoms with Crippen LogP contribution in [0.1, 0.15) is 64.1 Å². The van der Waals surface area contributed by atoms with Gasteiger partial charge >= 0.3 is 0 Å². The predicted octanol–water partition coefficient (Wildman–Crippen LogP) is 4.22. The number of hydrogen-bond donors (Lipinski definition) is 2.